The van der Waals surface area contributed by atoms with Crippen molar-refractivity contribution in [2.24, 2.45) is 18.0 Å². The Morgan fingerprint density at radius 3 is 2.71 bits per heavy atom. The lowest BCUT2D eigenvalue weighted by molar-refractivity contribution is -0.122. The number of nitrogens with zero attached hydrogens (tertiary/aromatic N) is 3. The van der Waals surface area contributed by atoms with Gasteiger partial charge in [-0.25, -0.2) is 0 Å². The summed E-state index contributed by atoms with van der Waals surface area (Å²) in [5.74, 6) is 1.28. The van der Waals surface area contributed by atoms with Crippen LogP contribution in [0.3, 0.4) is 0 Å². The summed E-state index contributed by atoms with van der Waals surface area (Å²) in [7, 11) is 5.81. The lowest BCUT2D eigenvalue weighted by atomic mass is 10.4. The van der Waals surface area contributed by atoms with Crippen LogP contribution in [0.2, 0.25) is 0 Å². The predicted molar refractivity (Wildman–Crippen MR) is 84.0 cm³/mol. The number of hydrogen-bond donors (Lipinski definition) is 2. The Labute approximate surface area is 126 Å². The number of rotatable bonds is 6. The summed E-state index contributed by atoms with van der Waals surface area (Å²) < 4.78 is 2.10. The minimum absolute atomic E-state index is 0.184. The van der Waals surface area contributed by atoms with E-state index >= 15 is 0 Å². The number of hydrogen-bond acceptors (Lipinski definition) is 2. The fourth-order valence-corrected chi connectivity index (χ4v) is 2.21. The number of carbonyl (C=O) groups excluding carboxylic acids is 1. The van der Waals surface area contributed by atoms with Crippen molar-refractivity contribution in [3.8, 4) is 0 Å². The zero-order chi connectivity index (χ0) is 15.2. The van der Waals surface area contributed by atoms with E-state index in [1.807, 2.05) is 26.4 Å². The van der Waals surface area contributed by atoms with Crippen LogP contribution in [0.15, 0.2) is 23.3 Å². The molecule has 6 heteroatoms. The van der Waals surface area contributed by atoms with Crippen molar-refractivity contribution in [3.05, 3.63) is 24.0 Å². The zero-order valence-electron chi connectivity index (χ0n) is 13.1. The van der Waals surface area contributed by atoms with Crippen molar-refractivity contribution >= 4 is 11.9 Å². The van der Waals surface area contributed by atoms with E-state index in [2.05, 4.69) is 31.2 Å². The van der Waals surface area contributed by atoms with Gasteiger partial charge in [0.15, 0.2) is 5.96 Å². The summed E-state index contributed by atoms with van der Waals surface area (Å²) in [6.45, 7) is 2.10. The minimum Gasteiger partial charge on any atom is -0.354 e. The second-order valence-corrected chi connectivity index (χ2v) is 5.51. The average Bonchev–Trinajstić information content (AvgIpc) is 3.24. The summed E-state index contributed by atoms with van der Waals surface area (Å²) in [6.07, 6.45) is 4.12. The Balaban J connectivity index is 1.71. The first-order chi connectivity index (χ1) is 10.1. The van der Waals surface area contributed by atoms with Crippen molar-refractivity contribution in [2.45, 2.75) is 19.4 Å². The first kappa shape index (κ1) is 15.4. The summed E-state index contributed by atoms with van der Waals surface area (Å²) in [6, 6.07) is 4.13. The Morgan fingerprint density at radius 2 is 2.14 bits per heavy atom. The van der Waals surface area contributed by atoms with Crippen LogP contribution >= 0.6 is 0 Å². The maximum atomic E-state index is 11.5. The molecule has 1 aromatic heterocycles. The molecule has 0 aliphatic heterocycles. The molecule has 1 aliphatic rings. The number of aromatic nitrogens is 1. The smallest absolute Gasteiger partial charge is 0.223 e. The van der Waals surface area contributed by atoms with Gasteiger partial charge in [-0.2, -0.15) is 0 Å². The molecule has 0 bridgehead atoms. The number of amides is 1. The van der Waals surface area contributed by atoms with Gasteiger partial charge in [0.1, 0.15) is 0 Å². The molecule has 0 atom stereocenters. The van der Waals surface area contributed by atoms with Gasteiger partial charge in [-0.1, -0.05) is 0 Å². The SMILES string of the molecule is CN=C(NCCNC(=O)C1CC1)N(C)Cc1cccn1C. The van der Waals surface area contributed by atoms with Crippen molar-refractivity contribution in [1.29, 1.82) is 0 Å². The molecule has 1 heterocycles. The average molecular weight is 291 g/mol. The van der Waals surface area contributed by atoms with E-state index < -0.39 is 0 Å². The van der Waals surface area contributed by atoms with Crippen LogP contribution in [0.25, 0.3) is 0 Å². The molecule has 2 N–H and O–H groups in total. The van der Waals surface area contributed by atoms with E-state index in [-0.39, 0.29) is 11.8 Å². The van der Waals surface area contributed by atoms with Crippen molar-refractivity contribution in [3.63, 3.8) is 0 Å². The predicted octanol–water partition coefficient (Wildman–Crippen LogP) is 0.558. The highest BCUT2D eigenvalue weighted by atomic mass is 16.2. The number of guanidine groups is 1. The fourth-order valence-electron chi connectivity index (χ4n) is 2.21. The molecule has 1 fully saturated rings. The molecule has 1 aromatic rings. The van der Waals surface area contributed by atoms with E-state index in [0.29, 0.717) is 13.1 Å². The van der Waals surface area contributed by atoms with E-state index in [0.717, 1.165) is 25.3 Å². The standard InChI is InChI=1S/C15H25N5O/c1-16-15(18-9-8-17-14(21)12-6-7-12)20(3)11-13-5-4-10-19(13)2/h4-5,10,12H,6-9,11H2,1-3H3,(H,16,18)(H,17,21). The highest BCUT2D eigenvalue weighted by molar-refractivity contribution is 5.81. The molecule has 6 nitrogen and oxygen atoms in total. The Morgan fingerprint density at radius 1 is 1.43 bits per heavy atom. The number of nitrogens with one attached hydrogen (secondary N) is 2. The van der Waals surface area contributed by atoms with E-state index in [9.17, 15) is 4.79 Å². The Kier molecular flexibility index (Phi) is 5.25. The zero-order valence-corrected chi connectivity index (χ0v) is 13.1. The lowest BCUT2D eigenvalue weighted by Crippen LogP contribution is -2.42. The maximum Gasteiger partial charge on any atom is 0.223 e. The summed E-state index contributed by atoms with van der Waals surface area (Å²) in [5, 5.41) is 6.21. The Hall–Kier alpha value is -1.98. The van der Waals surface area contributed by atoms with Crippen LogP contribution in [-0.4, -0.2) is 48.5 Å². The molecular weight excluding hydrogens is 266 g/mol. The molecule has 0 unspecified atom stereocenters. The van der Waals surface area contributed by atoms with Gasteiger partial charge in [-0.05, 0) is 25.0 Å². The van der Waals surface area contributed by atoms with Crippen LogP contribution in [-0.2, 0) is 18.4 Å². The summed E-state index contributed by atoms with van der Waals surface area (Å²) >= 11 is 0. The van der Waals surface area contributed by atoms with Gasteiger partial charge in [0.25, 0.3) is 0 Å². The first-order valence-electron chi connectivity index (χ1n) is 7.41. The van der Waals surface area contributed by atoms with Crippen molar-refractivity contribution in [1.82, 2.24) is 20.1 Å². The Bertz CT molecular complexity index is 504. The molecule has 0 saturated heterocycles. The number of aliphatic imine (C=N–C) groups is 1. The summed E-state index contributed by atoms with van der Waals surface area (Å²) in [5.41, 5.74) is 1.22. The highest BCUT2D eigenvalue weighted by Gasteiger charge is 2.28. The number of carbonyl (C=O) groups is 1. The van der Waals surface area contributed by atoms with Crippen LogP contribution < -0.4 is 10.6 Å². The van der Waals surface area contributed by atoms with Crippen LogP contribution in [0, 0.1) is 5.92 Å². The lowest BCUT2D eigenvalue weighted by Gasteiger charge is -2.22. The van der Waals surface area contributed by atoms with Gasteiger partial charge in [-0.3, -0.25) is 9.79 Å². The van der Waals surface area contributed by atoms with Crippen molar-refractivity contribution in [2.75, 3.05) is 27.2 Å². The second kappa shape index (κ2) is 7.15. The monoisotopic (exact) mass is 291 g/mol. The largest absolute Gasteiger partial charge is 0.354 e. The third-order valence-electron chi connectivity index (χ3n) is 3.68. The van der Waals surface area contributed by atoms with Crippen molar-refractivity contribution < 1.29 is 4.79 Å². The molecule has 0 radical (unpaired) electrons. The van der Waals surface area contributed by atoms with Gasteiger partial charge >= 0.3 is 0 Å². The molecule has 1 aliphatic carbocycles. The minimum atomic E-state index is 0.184. The van der Waals surface area contributed by atoms with E-state index in [1.54, 1.807) is 7.05 Å². The highest BCUT2D eigenvalue weighted by Crippen LogP contribution is 2.28. The molecular formula is C15H25N5O. The van der Waals surface area contributed by atoms with Gasteiger partial charge in [0.05, 0.1) is 6.54 Å². The topological polar surface area (TPSA) is 61.7 Å². The van der Waals surface area contributed by atoms with E-state index in [1.165, 1.54) is 5.69 Å². The fraction of sp³-hybridized carbons (Fsp3) is 0.600. The normalized spacial score (nSPS) is 14.9. The molecule has 21 heavy (non-hydrogen) atoms. The third kappa shape index (κ3) is 4.51. The van der Waals surface area contributed by atoms with E-state index in [4.69, 9.17) is 0 Å². The second-order valence-electron chi connectivity index (χ2n) is 5.51. The third-order valence-corrected chi connectivity index (χ3v) is 3.68. The maximum absolute atomic E-state index is 11.5. The molecule has 2 rings (SSSR count). The van der Waals surface area contributed by atoms with Crippen LogP contribution in [0.1, 0.15) is 18.5 Å². The van der Waals surface area contributed by atoms with Gasteiger partial charge < -0.3 is 20.1 Å². The van der Waals surface area contributed by atoms with Gasteiger partial charge in [0, 0.05) is 52.0 Å². The molecule has 0 aromatic carbocycles. The first-order valence-corrected chi connectivity index (χ1v) is 7.41. The van der Waals surface area contributed by atoms with Gasteiger partial charge in [-0.15, -0.1) is 0 Å². The molecule has 0 spiro atoms. The van der Waals surface area contributed by atoms with Gasteiger partial charge in [0.2, 0.25) is 5.91 Å². The molecule has 1 amide bonds. The number of aryl methyl sites for hydroxylation is 1. The quantitative estimate of drug-likeness (QED) is 0.457. The van der Waals surface area contributed by atoms with Crippen LogP contribution in [0.5, 0.6) is 0 Å². The molecule has 1 saturated carbocycles. The molecule has 116 valence electrons. The van der Waals surface area contributed by atoms with Crippen LogP contribution in [0.4, 0.5) is 0 Å². The summed E-state index contributed by atoms with van der Waals surface area (Å²) in [4.78, 5) is 17.9.